The third-order valence-corrected chi connectivity index (χ3v) is 5.10. The van der Waals surface area contributed by atoms with Crippen molar-refractivity contribution in [2.24, 2.45) is 0 Å². The molecule has 0 fully saturated rings. The Balaban J connectivity index is 2.28. The van der Waals surface area contributed by atoms with E-state index in [2.05, 4.69) is 5.92 Å². The first kappa shape index (κ1) is 14.5. The van der Waals surface area contributed by atoms with Crippen LogP contribution in [0.3, 0.4) is 0 Å². The molecule has 0 atom stereocenters. The number of nitrogens with zero attached hydrogens (tertiary/aromatic N) is 2. The minimum atomic E-state index is -3.47. The largest absolute Gasteiger partial charge is 0.361 e. The number of terminal acetylenes is 1. The summed E-state index contributed by atoms with van der Waals surface area (Å²) >= 11 is 0. The van der Waals surface area contributed by atoms with E-state index < -0.39 is 10.0 Å². The molecular weight excluding hydrogens is 272 g/mol. The van der Waals surface area contributed by atoms with Gasteiger partial charge < -0.3 is 4.90 Å². The van der Waals surface area contributed by atoms with Gasteiger partial charge in [0.05, 0.1) is 18.0 Å². The molecule has 1 heterocycles. The molecule has 2 rings (SSSR count). The first-order chi connectivity index (χ1) is 9.45. The van der Waals surface area contributed by atoms with Crippen molar-refractivity contribution in [1.82, 2.24) is 9.21 Å². The Kier molecular flexibility index (Phi) is 4.05. The van der Waals surface area contributed by atoms with Crippen molar-refractivity contribution in [3.63, 3.8) is 0 Å². The number of hydrogen-bond donors (Lipinski definition) is 0. The minimum absolute atomic E-state index is 0.317. The van der Waals surface area contributed by atoms with Crippen molar-refractivity contribution in [3.05, 3.63) is 41.7 Å². The van der Waals surface area contributed by atoms with E-state index in [9.17, 15) is 8.42 Å². The van der Waals surface area contributed by atoms with Gasteiger partial charge in [-0.2, -0.15) is 0 Å². The second kappa shape index (κ2) is 5.59. The molecule has 5 heteroatoms. The molecule has 1 aromatic rings. The Hall–Kier alpha value is -1.93. The monoisotopic (exact) mass is 290 g/mol. The van der Waals surface area contributed by atoms with E-state index in [1.807, 2.05) is 18.7 Å². The molecule has 0 N–H and O–H groups in total. The van der Waals surface area contributed by atoms with Crippen LogP contribution in [0.5, 0.6) is 0 Å². The second-order valence-corrected chi connectivity index (χ2v) is 6.72. The summed E-state index contributed by atoms with van der Waals surface area (Å²) in [7, 11) is -3.47. The van der Waals surface area contributed by atoms with Crippen molar-refractivity contribution in [2.45, 2.75) is 18.7 Å². The summed E-state index contributed by atoms with van der Waals surface area (Å²) < 4.78 is 26.5. The fraction of sp³-hybridized carbons (Fsp3) is 0.333. The van der Waals surface area contributed by atoms with Gasteiger partial charge in [-0.25, -0.2) is 8.42 Å². The molecule has 106 valence electrons. The van der Waals surface area contributed by atoms with E-state index in [0.717, 1.165) is 11.3 Å². The molecule has 4 nitrogen and oxygen atoms in total. The average Bonchev–Trinajstić information content (AvgIpc) is 2.41. The van der Waals surface area contributed by atoms with E-state index in [4.69, 9.17) is 6.42 Å². The van der Waals surface area contributed by atoms with Crippen LogP contribution < -0.4 is 0 Å². The van der Waals surface area contributed by atoms with E-state index in [0.29, 0.717) is 24.5 Å². The highest BCUT2D eigenvalue weighted by Gasteiger charge is 2.25. The number of hydrogen-bond acceptors (Lipinski definition) is 3. The van der Waals surface area contributed by atoms with Gasteiger partial charge >= 0.3 is 0 Å². The second-order valence-electron chi connectivity index (χ2n) is 4.82. The summed E-state index contributed by atoms with van der Waals surface area (Å²) in [6.45, 7) is 5.32. The van der Waals surface area contributed by atoms with Gasteiger partial charge in [0.15, 0.2) is 0 Å². The molecule has 0 amide bonds. The molecule has 0 radical (unpaired) electrons. The quantitative estimate of drug-likeness (QED) is 0.797. The molecule has 20 heavy (non-hydrogen) atoms. The highest BCUT2D eigenvalue weighted by atomic mass is 32.2. The zero-order valence-electron chi connectivity index (χ0n) is 11.7. The Labute approximate surface area is 120 Å². The molecule has 0 bridgehead atoms. The van der Waals surface area contributed by atoms with Crippen molar-refractivity contribution < 1.29 is 8.42 Å². The third-order valence-electron chi connectivity index (χ3n) is 3.33. The Bertz CT molecular complexity index is 654. The molecule has 0 spiro atoms. The molecule has 0 unspecified atom stereocenters. The summed E-state index contributed by atoms with van der Waals surface area (Å²) in [6, 6.07) is 6.89. The first-order valence-electron chi connectivity index (χ1n) is 6.40. The van der Waals surface area contributed by atoms with Crippen molar-refractivity contribution in [1.29, 1.82) is 0 Å². The lowest BCUT2D eigenvalue weighted by Crippen LogP contribution is -2.40. The molecule has 0 saturated heterocycles. The fourth-order valence-corrected chi connectivity index (χ4v) is 3.46. The highest BCUT2D eigenvalue weighted by molar-refractivity contribution is 7.89. The van der Waals surface area contributed by atoms with Crippen LogP contribution in [0.25, 0.3) is 0 Å². The topological polar surface area (TPSA) is 40.6 Å². The maximum atomic E-state index is 12.5. The standard InChI is InChI=1S/C15H18N2O2S/c1-4-9-16-10-11-17(12-14(16)3)20(18,19)15-7-5-13(2)6-8-15/h1,5-8,12H,9-11H2,2-3H3. The SMILES string of the molecule is C#CCN1CCN(S(=O)(=O)c2ccc(C)cc2)C=C1C. The number of allylic oxidation sites excluding steroid dienone is 1. The molecule has 0 aromatic heterocycles. The van der Waals surface area contributed by atoms with E-state index in [1.165, 1.54) is 4.31 Å². The minimum Gasteiger partial charge on any atom is -0.361 e. The van der Waals surface area contributed by atoms with Crippen molar-refractivity contribution >= 4 is 10.0 Å². The van der Waals surface area contributed by atoms with Crippen LogP contribution in [0, 0.1) is 19.3 Å². The molecular formula is C15H18N2O2S. The third kappa shape index (κ3) is 2.81. The predicted octanol–water partition coefficient (Wildman–Crippen LogP) is 1.80. The number of benzene rings is 1. The smallest absolute Gasteiger partial charge is 0.263 e. The summed E-state index contributed by atoms with van der Waals surface area (Å²) in [4.78, 5) is 2.30. The molecule has 0 saturated carbocycles. The lowest BCUT2D eigenvalue weighted by molar-refractivity contribution is 0.317. The maximum absolute atomic E-state index is 12.5. The lowest BCUT2D eigenvalue weighted by Gasteiger charge is -2.33. The highest BCUT2D eigenvalue weighted by Crippen LogP contribution is 2.21. The molecule has 1 aliphatic heterocycles. The first-order valence-corrected chi connectivity index (χ1v) is 7.84. The van der Waals surface area contributed by atoms with Crippen LogP contribution in [0.15, 0.2) is 41.1 Å². The van der Waals surface area contributed by atoms with Gasteiger partial charge in [-0.15, -0.1) is 6.42 Å². The van der Waals surface area contributed by atoms with E-state index in [-0.39, 0.29) is 0 Å². The number of aryl methyl sites for hydroxylation is 1. The van der Waals surface area contributed by atoms with Gasteiger partial charge in [0.25, 0.3) is 10.0 Å². The normalized spacial score (nSPS) is 15.8. The van der Waals surface area contributed by atoms with Crippen LogP contribution in [0.4, 0.5) is 0 Å². The molecule has 0 aliphatic carbocycles. The number of sulfonamides is 1. The summed E-state index contributed by atoms with van der Waals surface area (Å²) in [5, 5.41) is 0. The van der Waals surface area contributed by atoms with Crippen LogP contribution in [-0.2, 0) is 10.0 Å². The zero-order valence-corrected chi connectivity index (χ0v) is 12.5. The maximum Gasteiger partial charge on any atom is 0.263 e. The van der Waals surface area contributed by atoms with Gasteiger partial charge in [0, 0.05) is 18.4 Å². The molecule has 1 aliphatic rings. The van der Waals surface area contributed by atoms with Gasteiger partial charge in [0.1, 0.15) is 0 Å². The fourth-order valence-electron chi connectivity index (χ4n) is 2.10. The van der Waals surface area contributed by atoms with Crippen molar-refractivity contribution in [3.8, 4) is 12.3 Å². The van der Waals surface area contributed by atoms with E-state index >= 15 is 0 Å². The summed E-state index contributed by atoms with van der Waals surface area (Å²) in [6.07, 6.45) is 6.95. The van der Waals surface area contributed by atoms with Gasteiger partial charge in [-0.3, -0.25) is 4.31 Å². The van der Waals surface area contributed by atoms with Gasteiger partial charge in [-0.05, 0) is 26.0 Å². The summed E-state index contributed by atoms with van der Waals surface area (Å²) in [5.74, 6) is 2.58. The average molecular weight is 290 g/mol. The number of rotatable bonds is 3. The lowest BCUT2D eigenvalue weighted by atomic mass is 10.2. The van der Waals surface area contributed by atoms with Crippen molar-refractivity contribution in [2.75, 3.05) is 19.6 Å². The van der Waals surface area contributed by atoms with E-state index in [1.54, 1.807) is 30.5 Å². The van der Waals surface area contributed by atoms with Crippen LogP contribution in [-0.4, -0.2) is 37.3 Å². The molecule has 1 aromatic carbocycles. The Morgan fingerprint density at radius 2 is 1.85 bits per heavy atom. The Morgan fingerprint density at radius 3 is 2.40 bits per heavy atom. The van der Waals surface area contributed by atoms with Crippen LogP contribution >= 0.6 is 0 Å². The van der Waals surface area contributed by atoms with Crippen LogP contribution in [0.2, 0.25) is 0 Å². The van der Waals surface area contributed by atoms with Gasteiger partial charge in [0.2, 0.25) is 0 Å². The Morgan fingerprint density at radius 1 is 1.20 bits per heavy atom. The van der Waals surface area contributed by atoms with Crippen LogP contribution in [0.1, 0.15) is 12.5 Å². The summed E-state index contributed by atoms with van der Waals surface area (Å²) in [5.41, 5.74) is 1.90. The van der Waals surface area contributed by atoms with Gasteiger partial charge in [-0.1, -0.05) is 23.6 Å². The predicted molar refractivity (Wildman–Crippen MR) is 79.2 cm³/mol. The zero-order chi connectivity index (χ0) is 14.8.